The summed E-state index contributed by atoms with van der Waals surface area (Å²) < 4.78 is 24.4. The molecule has 31 heteroatoms. The Morgan fingerprint density at radius 3 is 1.89 bits per heavy atom. The van der Waals surface area contributed by atoms with E-state index in [4.69, 9.17) is 42.1 Å². The molecule has 14 rings (SSSR count). The van der Waals surface area contributed by atoms with Crippen LogP contribution in [-0.4, -0.2) is 138 Å². The highest BCUT2D eigenvalue weighted by atomic mass is 35.5. The molecule has 7 aliphatic heterocycles. The van der Waals surface area contributed by atoms with Crippen LogP contribution < -0.4 is 62.1 Å². The normalized spacial score (nSPS) is 21.2. The number of piperidine rings is 1. The lowest BCUT2D eigenvalue weighted by atomic mass is 9.87. The van der Waals surface area contributed by atoms with Crippen molar-refractivity contribution in [3.05, 3.63) is 164 Å². The van der Waals surface area contributed by atoms with E-state index in [0.717, 1.165) is 107 Å². The molecule has 0 radical (unpaired) electrons. The Balaban J connectivity index is 1.02. The number of carbonyl (C=O) groups excluding carboxylic acids is 8. The molecule has 29 nitrogen and oxygen atoms in total. The first-order valence-corrected chi connectivity index (χ1v) is 38.5. The van der Waals surface area contributed by atoms with Crippen molar-refractivity contribution >= 4 is 70.6 Å². The zero-order chi connectivity index (χ0) is 80.7. The summed E-state index contributed by atoms with van der Waals surface area (Å²) in [6.07, 6.45) is 6.93. The molecule has 113 heavy (non-hydrogen) atoms. The average molecular weight is 1590 g/mol. The van der Waals surface area contributed by atoms with E-state index in [2.05, 4.69) is 66.6 Å². The minimum atomic E-state index is -2.21. The molecule has 7 heterocycles. The highest BCUT2D eigenvalue weighted by Crippen LogP contribution is 2.50. The Hall–Kier alpha value is -11.2. The van der Waals surface area contributed by atoms with E-state index in [-0.39, 0.29) is 102 Å². The standard InChI is InChI=1S/C82H92Cl2N10O19/c1-6-7-8-9-10-11-13-25-85-40-52-58(98)39-51-64(72(52)100)50-33-43(18-21-56(50)96)65-77(105)92-70(80(108)91-69(51)75(103)86-26-15-28-94-27-14-12-16-41(94)2)71(99)45-20-24-60(54(84)34-45)112-63-37-47-36-62(73(63)101)111-59-23-17-42(29-53(59)83)30-55-74(102)88-67(78(106)90-68(47)79(107)89-65)46-31-48(95)38-49(32-46)110-61-35-44(19-22-57(61)97)66(76(104)87-55)93-81(109)113-82(3,4)5/h17-24,29,31-39,41,55,65-71,85,95-101H,6-16,25-28,30,40H2,1-5H3,(H,86,103)(H,87,104)(H,88,102)(H,89,107)(H,90,106)(H,91,108)(H,92,105)(H,93,109)/t41?,55-,65-,66-,67-,68-,69-,70-,71?/m0/s1. The van der Waals surface area contributed by atoms with Crippen molar-refractivity contribution in [2.45, 2.75) is 178 Å². The van der Waals surface area contributed by atoms with E-state index >= 15 is 28.8 Å². The number of alkyl carbamates (subject to hydrolysis) is 1. The third-order valence-corrected chi connectivity index (χ3v) is 21.1. The van der Waals surface area contributed by atoms with Gasteiger partial charge in [-0.25, -0.2) is 4.79 Å². The van der Waals surface area contributed by atoms with E-state index in [1.807, 2.05) is 0 Å². The van der Waals surface area contributed by atoms with Gasteiger partial charge in [-0.1, -0.05) is 99.3 Å². The van der Waals surface area contributed by atoms with Gasteiger partial charge in [-0.05, 0) is 184 Å². The Morgan fingerprint density at radius 1 is 0.575 bits per heavy atom. The molecule has 2 unspecified atom stereocenters. The number of rotatable bonds is 16. The van der Waals surface area contributed by atoms with Gasteiger partial charge in [-0.15, -0.1) is 0 Å². The summed E-state index contributed by atoms with van der Waals surface area (Å²) in [6, 6.07) is 8.29. The molecule has 1 saturated heterocycles. The van der Waals surface area contributed by atoms with Crippen molar-refractivity contribution in [2.75, 3.05) is 26.2 Å². The molecule has 0 saturated carbocycles. The minimum Gasteiger partial charge on any atom is -0.508 e. The maximum absolute atomic E-state index is 16.3. The number of nitrogens with zero attached hydrogens (tertiary/aromatic N) is 1. The average Bonchev–Trinajstić information content (AvgIpc) is 0.763. The fourth-order valence-corrected chi connectivity index (χ4v) is 15.0. The number of aliphatic hydroxyl groups excluding tert-OH is 1. The number of benzene rings is 7. The van der Waals surface area contributed by atoms with Gasteiger partial charge >= 0.3 is 6.09 Å². The van der Waals surface area contributed by atoms with Crippen molar-refractivity contribution in [3.8, 4) is 80.1 Å². The van der Waals surface area contributed by atoms with Gasteiger partial charge in [0.25, 0.3) is 0 Å². The molecule has 0 aromatic heterocycles. The number of hydrogen-bond acceptors (Lipinski definition) is 21. The van der Waals surface area contributed by atoms with Crippen LogP contribution in [0.1, 0.15) is 186 Å². The van der Waals surface area contributed by atoms with Gasteiger partial charge in [0.1, 0.15) is 94.2 Å². The van der Waals surface area contributed by atoms with Gasteiger partial charge in [0, 0.05) is 49.3 Å². The maximum Gasteiger partial charge on any atom is 0.408 e. The van der Waals surface area contributed by atoms with Crippen molar-refractivity contribution in [1.82, 2.24) is 52.8 Å². The van der Waals surface area contributed by atoms with Crippen LogP contribution in [0.5, 0.6) is 69.0 Å². The predicted octanol–water partition coefficient (Wildman–Crippen LogP) is 10.7. The van der Waals surface area contributed by atoms with Gasteiger partial charge in [-0.2, -0.15) is 0 Å². The van der Waals surface area contributed by atoms with Crippen LogP contribution in [-0.2, 0) is 51.3 Å². The number of phenols is 6. The third-order valence-electron chi connectivity index (χ3n) is 20.5. The Labute approximate surface area is 661 Å². The maximum atomic E-state index is 16.3. The van der Waals surface area contributed by atoms with E-state index in [1.54, 1.807) is 20.8 Å². The molecule has 1 fully saturated rings. The highest BCUT2D eigenvalue weighted by Gasteiger charge is 2.43. The van der Waals surface area contributed by atoms with Gasteiger partial charge in [0.2, 0.25) is 47.1 Å². The number of aliphatic hydroxyl groups is 1. The molecule has 8 amide bonds. The number of hydrogen-bond donors (Lipinski definition) is 16. The summed E-state index contributed by atoms with van der Waals surface area (Å²) in [5.74, 6) is -13.8. The third kappa shape index (κ3) is 19.1. The molecule has 9 atom stereocenters. The first kappa shape index (κ1) is 81.3. The molecule has 7 aliphatic rings. The number of likely N-dealkylation sites (tertiary alicyclic amines) is 1. The number of unbranched alkanes of at least 4 members (excludes halogenated alkanes) is 6. The van der Waals surface area contributed by atoms with Crippen molar-refractivity contribution < 1.29 is 93.0 Å². The number of aromatic hydroxyl groups is 6. The number of carbonyl (C=O) groups is 8. The molecule has 598 valence electrons. The van der Waals surface area contributed by atoms with Crippen LogP contribution in [0.3, 0.4) is 0 Å². The summed E-state index contributed by atoms with van der Waals surface area (Å²) in [4.78, 5) is 125. The van der Waals surface area contributed by atoms with Crippen LogP contribution in [0.2, 0.25) is 10.0 Å². The van der Waals surface area contributed by atoms with E-state index in [1.165, 1.54) is 72.8 Å². The van der Waals surface area contributed by atoms with Crippen LogP contribution in [0.25, 0.3) is 11.1 Å². The zero-order valence-corrected chi connectivity index (χ0v) is 64.4. The van der Waals surface area contributed by atoms with E-state index in [9.17, 15) is 45.3 Å². The number of phenolic OH excluding ortho intramolecular Hbond substituents is 6. The van der Waals surface area contributed by atoms with Crippen molar-refractivity contribution in [1.29, 1.82) is 0 Å². The largest absolute Gasteiger partial charge is 0.508 e. The van der Waals surface area contributed by atoms with Gasteiger partial charge < -0.3 is 107 Å². The zero-order valence-electron chi connectivity index (χ0n) is 62.8. The number of amides is 8. The number of ether oxygens (including phenoxy) is 4. The lowest BCUT2D eigenvalue weighted by Crippen LogP contribution is -2.56. The number of halogens is 2. The second-order valence-electron chi connectivity index (χ2n) is 29.9. The van der Waals surface area contributed by atoms with E-state index < -0.39 is 154 Å². The van der Waals surface area contributed by atoms with E-state index in [0.29, 0.717) is 25.6 Å². The SMILES string of the molecule is CCCCCCCCCNCc1c(O)cc2c(c1O)-c1cc(ccc1O)[C@@H]1NC(=O)[C@H]3NC(=O)[C@H]4NC(=O)[C@H](Cc5ccc(c(Cl)c5)Oc5cc3cc(c5O)Oc3ccc(cc3Cl)C(O)[C@H](NC1=O)C(=O)N[C@@H]2C(=O)NCCCN1CCCCC1C)NC(=O)[C@@H](NC(=O)OC(C)(C)C)c1ccc(O)c(c1)Oc1cc(O)cc4c1. The molecule has 0 spiro atoms. The highest BCUT2D eigenvalue weighted by molar-refractivity contribution is 6.32. The Kier molecular flexibility index (Phi) is 25.3. The minimum absolute atomic E-state index is 0.000202. The number of fused-ring (bicyclic) bond motifs is 14. The second kappa shape index (κ2) is 35.2. The number of nitrogens with one attached hydrogen (secondary N) is 9. The van der Waals surface area contributed by atoms with Crippen molar-refractivity contribution in [3.63, 3.8) is 0 Å². The summed E-state index contributed by atoms with van der Waals surface area (Å²) in [6.45, 7) is 10.9. The van der Waals surface area contributed by atoms with Crippen LogP contribution in [0, 0.1) is 0 Å². The summed E-state index contributed by atoms with van der Waals surface area (Å²) in [5, 5.41) is 109. The molecule has 16 N–H and O–H groups in total. The lowest BCUT2D eigenvalue weighted by Gasteiger charge is -2.33. The smallest absolute Gasteiger partial charge is 0.408 e. The quantitative estimate of drug-likeness (QED) is 0.0400. The molecule has 17 bridgehead atoms. The second-order valence-corrected chi connectivity index (χ2v) is 30.8. The molecule has 0 aliphatic carbocycles. The van der Waals surface area contributed by atoms with Crippen LogP contribution in [0.4, 0.5) is 4.79 Å². The first-order chi connectivity index (χ1) is 54.0. The Morgan fingerprint density at radius 2 is 1.20 bits per heavy atom. The fraction of sp³-hybridized carbons (Fsp3) is 0.390. The Bertz CT molecular complexity index is 4830. The summed E-state index contributed by atoms with van der Waals surface area (Å²) in [7, 11) is 0. The summed E-state index contributed by atoms with van der Waals surface area (Å²) in [5.41, 5.74) is -2.77. The molecule has 7 aromatic rings. The summed E-state index contributed by atoms with van der Waals surface area (Å²) >= 11 is 14.1. The van der Waals surface area contributed by atoms with Crippen LogP contribution in [0.15, 0.2) is 109 Å². The lowest BCUT2D eigenvalue weighted by molar-refractivity contribution is -0.137. The molecular weight excluding hydrogens is 1500 g/mol. The van der Waals surface area contributed by atoms with Crippen LogP contribution >= 0.6 is 23.2 Å². The molecule has 7 aromatic carbocycles. The van der Waals surface area contributed by atoms with Crippen molar-refractivity contribution in [2.24, 2.45) is 0 Å². The van der Waals surface area contributed by atoms with Gasteiger partial charge in [0.15, 0.2) is 23.0 Å². The van der Waals surface area contributed by atoms with Gasteiger partial charge in [-0.3, -0.25) is 33.6 Å². The monoisotopic (exact) mass is 1590 g/mol. The fourth-order valence-electron chi connectivity index (χ4n) is 14.5. The van der Waals surface area contributed by atoms with Gasteiger partial charge in [0.05, 0.1) is 15.6 Å². The topological polar surface area (TPSA) is 427 Å². The predicted molar refractivity (Wildman–Crippen MR) is 415 cm³/mol. The molecular formula is C82H92Cl2N10O19. The first-order valence-electron chi connectivity index (χ1n) is 37.8.